The molecule has 1 heterocycles. The number of carbonyl (C=O) groups excluding carboxylic acids is 1. The minimum Gasteiger partial charge on any atom is -0.478 e. The van der Waals surface area contributed by atoms with Crippen LogP contribution in [0.3, 0.4) is 0 Å². The monoisotopic (exact) mass is 231 g/mol. The highest BCUT2D eigenvalue weighted by molar-refractivity contribution is 6.05. The molecular weight excluding hydrogens is 222 g/mol. The number of pyridine rings is 1. The average molecular weight is 231 g/mol. The van der Waals surface area contributed by atoms with Crippen LogP contribution in [0.1, 0.15) is 20.7 Å². The van der Waals surface area contributed by atoms with E-state index in [4.69, 9.17) is 5.11 Å². The number of hydrogen-bond acceptors (Lipinski definition) is 4. The second-order valence-electron chi connectivity index (χ2n) is 3.42. The molecule has 2 rings (SSSR count). The molecule has 1 aromatic carbocycles. The van der Waals surface area contributed by atoms with Gasteiger partial charge in [-0.2, -0.15) is 0 Å². The number of benzene rings is 1. The number of methoxy groups -OCH3 is 1. The fourth-order valence-corrected chi connectivity index (χ4v) is 1.58. The number of carbonyl (C=O) groups is 2. The molecule has 0 aliphatic carbocycles. The summed E-state index contributed by atoms with van der Waals surface area (Å²) in [7, 11) is 1.28. The number of carboxylic acid groups (broad SMARTS) is 1. The molecule has 0 fully saturated rings. The van der Waals surface area contributed by atoms with Crippen LogP contribution in [0.2, 0.25) is 0 Å². The van der Waals surface area contributed by atoms with Crippen molar-refractivity contribution in [3.63, 3.8) is 0 Å². The number of nitrogens with zero attached hydrogens (tertiary/aromatic N) is 1. The van der Waals surface area contributed by atoms with E-state index in [0.717, 1.165) is 0 Å². The van der Waals surface area contributed by atoms with E-state index in [1.165, 1.54) is 31.6 Å². The molecule has 17 heavy (non-hydrogen) atoms. The number of aromatic nitrogens is 1. The van der Waals surface area contributed by atoms with E-state index < -0.39 is 11.9 Å². The average Bonchev–Trinajstić information content (AvgIpc) is 2.36. The van der Waals surface area contributed by atoms with Crippen LogP contribution in [0.25, 0.3) is 10.8 Å². The summed E-state index contributed by atoms with van der Waals surface area (Å²) >= 11 is 0. The molecule has 0 aliphatic heterocycles. The summed E-state index contributed by atoms with van der Waals surface area (Å²) in [4.78, 5) is 26.2. The van der Waals surface area contributed by atoms with Gasteiger partial charge >= 0.3 is 11.9 Å². The van der Waals surface area contributed by atoms with E-state index in [0.29, 0.717) is 16.3 Å². The molecule has 0 bridgehead atoms. The lowest BCUT2D eigenvalue weighted by Crippen LogP contribution is -2.03. The van der Waals surface area contributed by atoms with Gasteiger partial charge in [-0.1, -0.05) is 6.07 Å². The first-order valence-corrected chi connectivity index (χ1v) is 4.83. The highest BCUT2D eigenvalue weighted by atomic mass is 16.5. The lowest BCUT2D eigenvalue weighted by molar-refractivity contribution is 0.0601. The Balaban J connectivity index is 2.67. The molecule has 5 nitrogen and oxygen atoms in total. The Bertz CT molecular complexity index is 606. The van der Waals surface area contributed by atoms with Crippen LogP contribution in [-0.4, -0.2) is 29.1 Å². The largest absolute Gasteiger partial charge is 0.478 e. The van der Waals surface area contributed by atoms with Crippen LogP contribution in [0.15, 0.2) is 30.6 Å². The van der Waals surface area contributed by atoms with Gasteiger partial charge in [0.2, 0.25) is 0 Å². The van der Waals surface area contributed by atoms with Crippen LogP contribution >= 0.6 is 0 Å². The van der Waals surface area contributed by atoms with Gasteiger partial charge in [-0.05, 0) is 17.5 Å². The molecule has 0 aliphatic rings. The summed E-state index contributed by atoms with van der Waals surface area (Å²) in [5, 5.41) is 10.1. The second kappa shape index (κ2) is 4.21. The molecule has 0 radical (unpaired) electrons. The number of rotatable bonds is 2. The summed E-state index contributed by atoms with van der Waals surface area (Å²) < 4.78 is 4.63. The van der Waals surface area contributed by atoms with Crippen molar-refractivity contribution in [1.29, 1.82) is 0 Å². The Morgan fingerprint density at radius 3 is 2.71 bits per heavy atom. The molecule has 5 heteroatoms. The van der Waals surface area contributed by atoms with Crippen LogP contribution < -0.4 is 0 Å². The zero-order chi connectivity index (χ0) is 12.4. The van der Waals surface area contributed by atoms with Gasteiger partial charge in [0.15, 0.2) is 0 Å². The van der Waals surface area contributed by atoms with E-state index in [1.807, 2.05) is 0 Å². The number of esters is 1. The third-order valence-electron chi connectivity index (χ3n) is 2.41. The fraction of sp³-hybridized carbons (Fsp3) is 0.0833. The molecule has 0 saturated heterocycles. The van der Waals surface area contributed by atoms with Crippen LogP contribution in [0.5, 0.6) is 0 Å². The van der Waals surface area contributed by atoms with Crippen LogP contribution in [0.4, 0.5) is 0 Å². The predicted octanol–water partition coefficient (Wildman–Crippen LogP) is 1.72. The molecule has 2 aromatic rings. The summed E-state index contributed by atoms with van der Waals surface area (Å²) in [5.41, 5.74) is 0.475. The fourth-order valence-electron chi connectivity index (χ4n) is 1.58. The van der Waals surface area contributed by atoms with Crippen LogP contribution in [0, 0.1) is 0 Å². The number of ether oxygens (including phenoxy) is 1. The standard InChI is InChI=1S/C12H9NO4/c1-17-12(16)10-6-13-5-8-4-7(11(14)15)2-3-9(8)10/h2-6H,1H3,(H,14,15). The Kier molecular flexibility index (Phi) is 2.74. The minimum absolute atomic E-state index is 0.154. The van der Waals surface area contributed by atoms with Gasteiger partial charge in [0.25, 0.3) is 0 Å². The van der Waals surface area contributed by atoms with Gasteiger partial charge < -0.3 is 9.84 Å². The predicted molar refractivity (Wildman–Crippen MR) is 60.0 cm³/mol. The number of hydrogen-bond donors (Lipinski definition) is 1. The molecule has 0 atom stereocenters. The SMILES string of the molecule is COC(=O)c1cncc2cc(C(=O)O)ccc12. The summed E-state index contributed by atoms with van der Waals surface area (Å²) in [6.07, 6.45) is 2.91. The molecule has 0 spiro atoms. The molecule has 0 saturated carbocycles. The van der Waals surface area contributed by atoms with E-state index in [9.17, 15) is 9.59 Å². The normalized spacial score (nSPS) is 10.2. The summed E-state index contributed by atoms with van der Waals surface area (Å²) in [6, 6.07) is 4.49. The maximum atomic E-state index is 11.5. The van der Waals surface area contributed by atoms with E-state index in [2.05, 4.69) is 9.72 Å². The Morgan fingerprint density at radius 1 is 1.29 bits per heavy atom. The molecule has 86 valence electrons. The Labute approximate surface area is 96.7 Å². The zero-order valence-electron chi connectivity index (χ0n) is 9.01. The van der Waals surface area contributed by atoms with Crippen molar-refractivity contribution in [3.8, 4) is 0 Å². The first-order chi connectivity index (χ1) is 8.13. The quantitative estimate of drug-likeness (QED) is 0.796. The van der Waals surface area contributed by atoms with Crippen molar-refractivity contribution in [2.45, 2.75) is 0 Å². The maximum Gasteiger partial charge on any atom is 0.340 e. The number of carboxylic acids is 1. The Morgan fingerprint density at radius 2 is 2.06 bits per heavy atom. The van der Waals surface area contributed by atoms with Gasteiger partial charge in [0.05, 0.1) is 18.2 Å². The highest BCUT2D eigenvalue weighted by Crippen LogP contribution is 2.19. The molecule has 0 unspecified atom stereocenters. The smallest absolute Gasteiger partial charge is 0.340 e. The number of aromatic carboxylic acids is 1. The van der Waals surface area contributed by atoms with Crippen molar-refractivity contribution in [2.24, 2.45) is 0 Å². The first-order valence-electron chi connectivity index (χ1n) is 4.83. The van der Waals surface area contributed by atoms with Gasteiger partial charge in [-0.15, -0.1) is 0 Å². The van der Waals surface area contributed by atoms with Crippen molar-refractivity contribution in [3.05, 3.63) is 41.7 Å². The lowest BCUT2D eigenvalue weighted by atomic mass is 10.1. The first kappa shape index (κ1) is 11.1. The Hall–Kier alpha value is -2.43. The van der Waals surface area contributed by atoms with E-state index in [-0.39, 0.29) is 5.56 Å². The van der Waals surface area contributed by atoms with Crippen molar-refractivity contribution < 1.29 is 19.4 Å². The van der Waals surface area contributed by atoms with Gasteiger partial charge in [-0.3, -0.25) is 4.98 Å². The lowest BCUT2D eigenvalue weighted by Gasteiger charge is -2.04. The molecule has 1 N–H and O–H groups in total. The van der Waals surface area contributed by atoms with Gasteiger partial charge in [0.1, 0.15) is 0 Å². The van der Waals surface area contributed by atoms with Crippen molar-refractivity contribution in [1.82, 2.24) is 4.98 Å². The zero-order valence-corrected chi connectivity index (χ0v) is 9.01. The molecule has 0 amide bonds. The summed E-state index contributed by atoms with van der Waals surface area (Å²) in [6.45, 7) is 0. The molecule has 1 aromatic heterocycles. The van der Waals surface area contributed by atoms with Gasteiger partial charge in [0, 0.05) is 17.8 Å². The third-order valence-corrected chi connectivity index (χ3v) is 2.41. The third kappa shape index (κ3) is 1.94. The van der Waals surface area contributed by atoms with Crippen LogP contribution in [-0.2, 0) is 4.74 Å². The highest BCUT2D eigenvalue weighted by Gasteiger charge is 2.12. The number of fused-ring (bicyclic) bond motifs is 1. The topological polar surface area (TPSA) is 76.5 Å². The second-order valence-corrected chi connectivity index (χ2v) is 3.42. The summed E-state index contributed by atoms with van der Waals surface area (Å²) in [5.74, 6) is -1.51. The van der Waals surface area contributed by atoms with Crippen molar-refractivity contribution in [2.75, 3.05) is 7.11 Å². The van der Waals surface area contributed by atoms with E-state index in [1.54, 1.807) is 6.07 Å². The van der Waals surface area contributed by atoms with Gasteiger partial charge in [-0.25, -0.2) is 9.59 Å². The minimum atomic E-state index is -1.02. The molecular formula is C12H9NO4. The van der Waals surface area contributed by atoms with Crippen molar-refractivity contribution >= 4 is 22.7 Å². The maximum absolute atomic E-state index is 11.5. The van der Waals surface area contributed by atoms with E-state index >= 15 is 0 Å².